The van der Waals surface area contributed by atoms with Gasteiger partial charge in [-0.3, -0.25) is 0 Å². The summed E-state index contributed by atoms with van der Waals surface area (Å²) < 4.78 is 16.1. The Morgan fingerprint density at radius 2 is 2.10 bits per heavy atom. The maximum absolute atomic E-state index is 12.5. The van der Waals surface area contributed by atoms with Crippen molar-refractivity contribution < 1.29 is 4.39 Å². The summed E-state index contributed by atoms with van der Waals surface area (Å²) in [5.41, 5.74) is 0. The number of benzene rings is 1. The Kier molecular flexibility index (Phi) is 1.52. The van der Waals surface area contributed by atoms with Crippen molar-refractivity contribution in [2.75, 3.05) is 0 Å². The van der Waals surface area contributed by atoms with Crippen molar-refractivity contribution in [1.82, 2.24) is 0 Å². The molecule has 1 aromatic heterocycles. The first-order valence-electron chi connectivity index (χ1n) is 2.99. The molecule has 0 aliphatic rings. The molecule has 50 valence electrons. The summed E-state index contributed by atoms with van der Waals surface area (Å²) in [7, 11) is 0. The van der Waals surface area contributed by atoms with Crippen molar-refractivity contribution in [3.05, 3.63) is 34.2 Å². The van der Waals surface area contributed by atoms with Crippen LogP contribution in [0.3, 0.4) is 0 Å². The SMILES string of the molecule is Fc1ccc2[te]ccc2c1. The van der Waals surface area contributed by atoms with Gasteiger partial charge in [0.2, 0.25) is 0 Å². The van der Waals surface area contributed by atoms with Crippen molar-refractivity contribution in [3.63, 3.8) is 0 Å². The summed E-state index contributed by atoms with van der Waals surface area (Å²) in [5, 5.41) is 1.09. The van der Waals surface area contributed by atoms with Crippen LogP contribution in [0.15, 0.2) is 28.3 Å². The molecule has 0 saturated heterocycles. The van der Waals surface area contributed by atoms with Crippen molar-refractivity contribution in [2.45, 2.75) is 0 Å². The Balaban J connectivity index is 2.86. The van der Waals surface area contributed by atoms with E-state index in [0.29, 0.717) is 0 Å². The molecule has 1 aromatic carbocycles. The van der Waals surface area contributed by atoms with E-state index < -0.39 is 0 Å². The van der Waals surface area contributed by atoms with E-state index >= 15 is 0 Å². The first-order chi connectivity index (χ1) is 4.86. The maximum atomic E-state index is 12.5. The summed E-state index contributed by atoms with van der Waals surface area (Å²) in [5.74, 6) is -0.127. The number of hydrogen-bond acceptors (Lipinski definition) is 0. The molecule has 0 unspecified atom stereocenters. The average molecular weight is 248 g/mol. The van der Waals surface area contributed by atoms with Crippen molar-refractivity contribution in [3.8, 4) is 0 Å². The van der Waals surface area contributed by atoms with Gasteiger partial charge in [-0.15, -0.1) is 0 Å². The quantitative estimate of drug-likeness (QED) is 0.625. The van der Waals surface area contributed by atoms with Crippen LogP contribution in [0.25, 0.3) is 8.79 Å². The predicted molar refractivity (Wildman–Crippen MR) is 40.8 cm³/mol. The fourth-order valence-electron chi connectivity index (χ4n) is 0.938. The van der Waals surface area contributed by atoms with Gasteiger partial charge in [-0.2, -0.15) is 0 Å². The molecule has 0 fully saturated rings. The molecule has 2 aromatic rings. The van der Waals surface area contributed by atoms with Crippen LogP contribution in [0.4, 0.5) is 4.39 Å². The number of rotatable bonds is 0. The van der Waals surface area contributed by atoms with Crippen molar-refractivity contribution in [1.29, 1.82) is 0 Å². The van der Waals surface area contributed by atoms with Gasteiger partial charge in [0.15, 0.2) is 0 Å². The molecule has 1 heterocycles. The molecule has 0 spiro atoms. The number of hydrogen-bond donors (Lipinski definition) is 0. The summed E-state index contributed by atoms with van der Waals surface area (Å²) in [6, 6.07) is 7.05. The Morgan fingerprint density at radius 1 is 1.20 bits per heavy atom. The fourth-order valence-corrected chi connectivity index (χ4v) is 3.14. The van der Waals surface area contributed by atoms with Crippen molar-refractivity contribution >= 4 is 29.2 Å². The van der Waals surface area contributed by atoms with E-state index in [4.69, 9.17) is 0 Å². The van der Waals surface area contributed by atoms with E-state index in [1.807, 2.05) is 12.1 Å². The first-order valence-corrected chi connectivity index (χ1v) is 5.50. The van der Waals surface area contributed by atoms with Gasteiger partial charge in [0.05, 0.1) is 0 Å². The van der Waals surface area contributed by atoms with Crippen LogP contribution in [0.1, 0.15) is 0 Å². The molecule has 2 heteroatoms. The van der Waals surface area contributed by atoms with Gasteiger partial charge >= 0.3 is 67.8 Å². The van der Waals surface area contributed by atoms with Gasteiger partial charge in [-0.25, -0.2) is 0 Å². The second kappa shape index (κ2) is 2.38. The standard InChI is InChI=1S/C8H5FTe/c9-7-1-2-8-6(5-7)3-4-10-8/h1-5H. The third-order valence-corrected chi connectivity index (χ3v) is 3.98. The predicted octanol–water partition coefficient (Wildman–Crippen LogP) is 2.04. The topological polar surface area (TPSA) is 0 Å². The Bertz CT molecular complexity index is 351. The number of fused-ring (bicyclic) bond motifs is 1. The van der Waals surface area contributed by atoms with Crippen LogP contribution in [-0.4, -0.2) is 20.4 Å². The van der Waals surface area contributed by atoms with Crippen LogP contribution < -0.4 is 0 Å². The van der Waals surface area contributed by atoms with Gasteiger partial charge < -0.3 is 0 Å². The zero-order valence-electron chi connectivity index (χ0n) is 5.17. The molecule has 0 saturated carbocycles. The van der Waals surface area contributed by atoms with Crippen LogP contribution in [0, 0.1) is 5.82 Å². The normalized spacial score (nSPS) is 10.5. The van der Waals surface area contributed by atoms with Crippen LogP contribution in [-0.2, 0) is 0 Å². The first kappa shape index (κ1) is 6.39. The van der Waals surface area contributed by atoms with E-state index in [2.05, 4.69) is 4.08 Å². The Hall–Kier alpha value is -0.320. The molecule has 0 aliphatic carbocycles. The second-order valence-corrected chi connectivity index (χ2v) is 4.81. The second-order valence-electron chi connectivity index (χ2n) is 2.10. The van der Waals surface area contributed by atoms with E-state index in [0.717, 1.165) is 5.39 Å². The number of halogens is 1. The van der Waals surface area contributed by atoms with Gasteiger partial charge in [0.1, 0.15) is 0 Å². The monoisotopic (exact) mass is 250 g/mol. The van der Waals surface area contributed by atoms with Gasteiger partial charge in [0, 0.05) is 0 Å². The van der Waals surface area contributed by atoms with Crippen LogP contribution >= 0.6 is 0 Å². The van der Waals surface area contributed by atoms with Crippen LogP contribution in [0.5, 0.6) is 0 Å². The van der Waals surface area contributed by atoms with E-state index in [1.165, 1.54) is 9.47 Å². The molecule has 0 aliphatic heterocycles. The van der Waals surface area contributed by atoms with Gasteiger partial charge in [-0.1, -0.05) is 0 Å². The zero-order valence-corrected chi connectivity index (χ0v) is 7.50. The van der Waals surface area contributed by atoms with Gasteiger partial charge in [-0.05, 0) is 0 Å². The van der Waals surface area contributed by atoms with Crippen molar-refractivity contribution in [2.24, 2.45) is 0 Å². The molecule has 10 heavy (non-hydrogen) atoms. The van der Waals surface area contributed by atoms with E-state index in [-0.39, 0.29) is 26.2 Å². The van der Waals surface area contributed by atoms with E-state index in [9.17, 15) is 4.39 Å². The summed E-state index contributed by atoms with van der Waals surface area (Å²) in [4.78, 5) is 0. The molecule has 0 N–H and O–H groups in total. The third-order valence-electron chi connectivity index (χ3n) is 1.41. The molecule has 2 rings (SSSR count). The minimum absolute atomic E-state index is 0.0996. The third kappa shape index (κ3) is 0.982. The zero-order chi connectivity index (χ0) is 6.97. The molecular weight excluding hydrogens is 243 g/mol. The Morgan fingerprint density at radius 3 is 3.00 bits per heavy atom. The van der Waals surface area contributed by atoms with Crippen LogP contribution in [0.2, 0.25) is 0 Å². The molecule has 0 radical (unpaired) electrons. The Labute approximate surface area is 67.9 Å². The molecule has 0 bridgehead atoms. The summed E-state index contributed by atoms with van der Waals surface area (Å²) in [6.45, 7) is 0. The fraction of sp³-hybridized carbons (Fsp3) is 0. The average Bonchev–Trinajstić information content (AvgIpc) is 2.33. The van der Waals surface area contributed by atoms with Gasteiger partial charge in [0.25, 0.3) is 0 Å². The summed E-state index contributed by atoms with van der Waals surface area (Å²) >= 11 is -0.0996. The molecule has 0 nitrogen and oxygen atoms in total. The van der Waals surface area contributed by atoms with E-state index in [1.54, 1.807) is 6.07 Å². The molecule has 0 amide bonds. The minimum atomic E-state index is -0.127. The summed E-state index contributed by atoms with van der Waals surface area (Å²) in [6.07, 6.45) is 0. The molecule has 0 atom stereocenters. The molecular formula is C8H5FTe.